The van der Waals surface area contributed by atoms with Crippen molar-refractivity contribution in [3.8, 4) is 0 Å². The highest BCUT2D eigenvalue weighted by molar-refractivity contribution is 6.17. The number of carbonyl (C=O) groups excluding carboxylic acids is 1. The number of non-ortho nitro benzene ring substituents is 1. The maximum Gasteiger partial charge on any atom is 0.270 e. The second-order valence-electron chi connectivity index (χ2n) is 4.58. The number of halogens is 1. The molecular weight excluding hydrogens is 256 g/mol. The highest BCUT2D eigenvalue weighted by atomic mass is 35.5. The van der Waals surface area contributed by atoms with E-state index in [0.29, 0.717) is 12.3 Å². The van der Waals surface area contributed by atoms with E-state index in [2.05, 4.69) is 5.32 Å². The van der Waals surface area contributed by atoms with Gasteiger partial charge in [0, 0.05) is 29.1 Å². The standard InChI is InChI=1S/C12H15ClN2O3/c1-12(2,6-7-13)14-11(16)9-4-3-5-10(8-9)15(17)18/h3-5,8H,6-7H2,1-2H3,(H,14,16). The summed E-state index contributed by atoms with van der Waals surface area (Å²) in [6, 6.07) is 5.63. The second kappa shape index (κ2) is 5.82. The Morgan fingerprint density at radius 1 is 1.50 bits per heavy atom. The zero-order valence-electron chi connectivity index (χ0n) is 10.3. The summed E-state index contributed by atoms with van der Waals surface area (Å²) in [6.45, 7) is 3.70. The van der Waals surface area contributed by atoms with Gasteiger partial charge < -0.3 is 5.32 Å². The Balaban J connectivity index is 2.84. The molecule has 0 spiro atoms. The number of carbonyl (C=O) groups is 1. The molecule has 0 aromatic heterocycles. The van der Waals surface area contributed by atoms with E-state index in [1.54, 1.807) is 6.07 Å². The van der Waals surface area contributed by atoms with Crippen LogP contribution in [0.4, 0.5) is 5.69 Å². The number of rotatable bonds is 5. The van der Waals surface area contributed by atoms with Crippen LogP contribution in [0.15, 0.2) is 24.3 Å². The summed E-state index contributed by atoms with van der Waals surface area (Å²) in [5, 5.41) is 13.4. The smallest absolute Gasteiger partial charge is 0.270 e. The third-order valence-electron chi connectivity index (χ3n) is 2.49. The molecule has 1 rings (SSSR count). The second-order valence-corrected chi connectivity index (χ2v) is 4.96. The van der Waals surface area contributed by atoms with Gasteiger partial charge in [-0.2, -0.15) is 0 Å². The van der Waals surface area contributed by atoms with Crippen LogP contribution in [0.5, 0.6) is 0 Å². The molecular formula is C12H15ClN2O3. The first-order valence-corrected chi connectivity index (χ1v) is 6.02. The topological polar surface area (TPSA) is 72.2 Å². The van der Waals surface area contributed by atoms with E-state index < -0.39 is 10.5 Å². The Hall–Kier alpha value is -1.62. The summed E-state index contributed by atoms with van der Waals surface area (Å²) in [5.41, 5.74) is -0.270. The van der Waals surface area contributed by atoms with E-state index in [0.717, 1.165) is 0 Å². The number of benzene rings is 1. The SMILES string of the molecule is CC(C)(CCCl)NC(=O)c1cccc([N+](=O)[O-])c1. The molecule has 0 aliphatic rings. The number of alkyl halides is 1. The Morgan fingerprint density at radius 2 is 2.17 bits per heavy atom. The van der Waals surface area contributed by atoms with Crippen molar-refractivity contribution < 1.29 is 9.72 Å². The zero-order chi connectivity index (χ0) is 13.8. The third-order valence-corrected chi connectivity index (χ3v) is 2.68. The minimum Gasteiger partial charge on any atom is -0.347 e. The van der Waals surface area contributed by atoms with Crippen LogP contribution in [0.3, 0.4) is 0 Å². The van der Waals surface area contributed by atoms with Gasteiger partial charge in [-0.3, -0.25) is 14.9 Å². The van der Waals surface area contributed by atoms with Gasteiger partial charge in [-0.05, 0) is 26.3 Å². The molecule has 6 heteroatoms. The summed E-state index contributed by atoms with van der Waals surface area (Å²) in [6.07, 6.45) is 0.620. The minimum atomic E-state index is -0.527. The van der Waals surface area contributed by atoms with Crippen molar-refractivity contribution in [3.63, 3.8) is 0 Å². The van der Waals surface area contributed by atoms with Crippen molar-refractivity contribution >= 4 is 23.2 Å². The fourth-order valence-corrected chi connectivity index (χ4v) is 1.91. The summed E-state index contributed by atoms with van der Waals surface area (Å²) in [7, 11) is 0. The molecule has 0 bridgehead atoms. The number of nitrogens with zero attached hydrogens (tertiary/aromatic N) is 1. The Kier molecular flexibility index (Phi) is 4.67. The van der Waals surface area contributed by atoms with Gasteiger partial charge in [0.05, 0.1) is 4.92 Å². The fraction of sp³-hybridized carbons (Fsp3) is 0.417. The maximum absolute atomic E-state index is 11.9. The van der Waals surface area contributed by atoms with Crippen LogP contribution in [-0.2, 0) is 0 Å². The molecule has 98 valence electrons. The molecule has 0 saturated heterocycles. The predicted octanol–water partition coefficient (Wildman–Crippen LogP) is 2.73. The van der Waals surface area contributed by atoms with Crippen molar-refractivity contribution in [3.05, 3.63) is 39.9 Å². The van der Waals surface area contributed by atoms with Crippen molar-refractivity contribution in [1.29, 1.82) is 0 Å². The summed E-state index contributed by atoms with van der Waals surface area (Å²) < 4.78 is 0. The molecule has 0 aliphatic heterocycles. The van der Waals surface area contributed by atoms with Crippen LogP contribution in [0, 0.1) is 10.1 Å². The quantitative estimate of drug-likeness (QED) is 0.508. The molecule has 18 heavy (non-hydrogen) atoms. The highest BCUT2D eigenvalue weighted by Crippen LogP contribution is 2.15. The number of nitro groups is 1. The summed E-state index contributed by atoms with van der Waals surface area (Å²) in [4.78, 5) is 22.0. The lowest BCUT2D eigenvalue weighted by molar-refractivity contribution is -0.384. The molecule has 5 nitrogen and oxygen atoms in total. The molecule has 0 heterocycles. The number of nitro benzene ring substituents is 1. The lowest BCUT2D eigenvalue weighted by Gasteiger charge is -2.25. The molecule has 1 aromatic rings. The molecule has 0 saturated carbocycles. The van der Waals surface area contributed by atoms with Crippen LogP contribution < -0.4 is 5.32 Å². The van der Waals surface area contributed by atoms with Crippen molar-refractivity contribution in [1.82, 2.24) is 5.32 Å². The van der Waals surface area contributed by atoms with Crippen molar-refractivity contribution in [2.24, 2.45) is 0 Å². The van der Waals surface area contributed by atoms with Gasteiger partial charge in [-0.1, -0.05) is 6.07 Å². The van der Waals surface area contributed by atoms with Crippen molar-refractivity contribution in [2.75, 3.05) is 5.88 Å². The normalized spacial score (nSPS) is 11.1. The van der Waals surface area contributed by atoms with E-state index in [4.69, 9.17) is 11.6 Å². The predicted molar refractivity (Wildman–Crippen MR) is 70.0 cm³/mol. The molecule has 0 radical (unpaired) electrons. The molecule has 0 atom stereocenters. The lowest BCUT2D eigenvalue weighted by Crippen LogP contribution is -2.43. The first kappa shape index (κ1) is 14.4. The lowest BCUT2D eigenvalue weighted by atomic mass is 10.0. The van der Waals surface area contributed by atoms with Gasteiger partial charge in [-0.15, -0.1) is 11.6 Å². The van der Waals surface area contributed by atoms with Gasteiger partial charge in [0.25, 0.3) is 11.6 Å². The molecule has 1 amide bonds. The van der Waals surface area contributed by atoms with Crippen LogP contribution in [0.2, 0.25) is 0 Å². The first-order chi connectivity index (χ1) is 8.35. The Bertz CT molecular complexity index is 460. The fourth-order valence-electron chi connectivity index (χ4n) is 1.44. The summed E-state index contributed by atoms with van der Waals surface area (Å²) in [5.74, 6) is 0.0937. The summed E-state index contributed by atoms with van der Waals surface area (Å²) >= 11 is 5.64. The molecule has 1 N–H and O–H groups in total. The number of amides is 1. The van der Waals surface area contributed by atoms with Gasteiger partial charge in [0.15, 0.2) is 0 Å². The van der Waals surface area contributed by atoms with Crippen LogP contribution >= 0.6 is 11.6 Å². The average Bonchev–Trinajstić information content (AvgIpc) is 2.28. The molecule has 0 fully saturated rings. The zero-order valence-corrected chi connectivity index (χ0v) is 11.0. The monoisotopic (exact) mass is 270 g/mol. The van der Waals surface area contributed by atoms with Gasteiger partial charge in [0.1, 0.15) is 0 Å². The molecule has 0 unspecified atom stereocenters. The van der Waals surface area contributed by atoms with Gasteiger partial charge >= 0.3 is 0 Å². The largest absolute Gasteiger partial charge is 0.347 e. The van der Waals surface area contributed by atoms with Gasteiger partial charge in [0.2, 0.25) is 0 Å². The van der Waals surface area contributed by atoms with Crippen molar-refractivity contribution in [2.45, 2.75) is 25.8 Å². The maximum atomic E-state index is 11.9. The third kappa shape index (κ3) is 4.00. The molecule has 0 aliphatic carbocycles. The van der Waals surface area contributed by atoms with E-state index in [1.807, 2.05) is 13.8 Å². The average molecular weight is 271 g/mol. The van der Waals surface area contributed by atoms with Crippen LogP contribution in [-0.4, -0.2) is 22.2 Å². The van der Waals surface area contributed by atoms with Gasteiger partial charge in [-0.25, -0.2) is 0 Å². The number of hydrogen-bond donors (Lipinski definition) is 1. The van der Waals surface area contributed by atoms with E-state index >= 15 is 0 Å². The Morgan fingerprint density at radius 3 is 2.72 bits per heavy atom. The van der Waals surface area contributed by atoms with E-state index in [-0.39, 0.29) is 17.2 Å². The highest BCUT2D eigenvalue weighted by Gasteiger charge is 2.21. The van der Waals surface area contributed by atoms with E-state index in [9.17, 15) is 14.9 Å². The van der Waals surface area contributed by atoms with Crippen LogP contribution in [0.25, 0.3) is 0 Å². The Labute approximate surface area is 110 Å². The number of hydrogen-bond acceptors (Lipinski definition) is 3. The minimum absolute atomic E-state index is 0.0993. The molecule has 1 aromatic carbocycles. The van der Waals surface area contributed by atoms with E-state index in [1.165, 1.54) is 18.2 Å². The van der Waals surface area contributed by atoms with Crippen LogP contribution in [0.1, 0.15) is 30.6 Å². The first-order valence-electron chi connectivity index (χ1n) is 5.49. The number of nitrogens with one attached hydrogen (secondary N) is 1.